The largest absolute Gasteiger partial charge is 0.248 e. The summed E-state index contributed by atoms with van der Waals surface area (Å²) in [5, 5.41) is 0. The van der Waals surface area contributed by atoms with Gasteiger partial charge in [-0.2, -0.15) is 0 Å². The maximum Gasteiger partial charge on any atom is 0.248 e. The summed E-state index contributed by atoms with van der Waals surface area (Å²) in [5.41, 5.74) is 0. The first-order valence-corrected chi connectivity index (χ1v) is 2.53. The second-order valence-corrected chi connectivity index (χ2v) is 2.03. The van der Waals surface area contributed by atoms with Gasteiger partial charge < -0.3 is 0 Å². The summed E-state index contributed by atoms with van der Waals surface area (Å²) in [5.74, 6) is -3.09. The van der Waals surface area contributed by atoms with Crippen LogP contribution in [0, 0.1) is 0 Å². The van der Waals surface area contributed by atoms with Gasteiger partial charge in [-0.3, -0.25) is 0 Å². The molecule has 0 radical (unpaired) electrons. The average molecular weight is 144 g/mol. The van der Waals surface area contributed by atoms with Gasteiger partial charge >= 0.3 is 0 Å². The molecule has 1 unspecified atom stereocenters. The Morgan fingerprint density at radius 2 is 1.89 bits per heavy atom. The van der Waals surface area contributed by atoms with E-state index in [1.165, 1.54) is 0 Å². The molecule has 56 valence electrons. The Morgan fingerprint density at radius 3 is 2.00 bits per heavy atom. The van der Waals surface area contributed by atoms with Gasteiger partial charge in [0.25, 0.3) is 0 Å². The van der Waals surface area contributed by atoms with Crippen molar-refractivity contribution in [1.29, 1.82) is 0 Å². The molecule has 0 aliphatic rings. The van der Waals surface area contributed by atoms with Gasteiger partial charge in [-0.1, -0.05) is 0 Å². The van der Waals surface area contributed by atoms with E-state index >= 15 is 0 Å². The zero-order valence-corrected chi connectivity index (χ0v) is 5.00. The molecule has 1 atom stereocenters. The van der Waals surface area contributed by atoms with Gasteiger partial charge in [0.2, 0.25) is 5.92 Å². The SMILES string of the molecule is CC(F)(F)CC(F)CF. The lowest BCUT2D eigenvalue weighted by Crippen LogP contribution is -2.18. The van der Waals surface area contributed by atoms with Gasteiger partial charge in [-0.15, -0.1) is 0 Å². The van der Waals surface area contributed by atoms with Crippen molar-refractivity contribution >= 4 is 0 Å². The van der Waals surface area contributed by atoms with Crippen LogP contribution < -0.4 is 0 Å². The van der Waals surface area contributed by atoms with Gasteiger partial charge in [0, 0.05) is 6.42 Å². The maximum absolute atomic E-state index is 11.8. The Balaban J connectivity index is 3.47. The smallest absolute Gasteiger partial charge is 0.248 e. The number of hydrogen-bond donors (Lipinski definition) is 0. The summed E-state index contributed by atoms with van der Waals surface area (Å²) >= 11 is 0. The molecule has 9 heavy (non-hydrogen) atoms. The molecule has 0 spiro atoms. The molecule has 0 saturated carbocycles. The number of rotatable bonds is 3. The summed E-state index contributed by atoms with van der Waals surface area (Å²) in [6, 6.07) is 0. The van der Waals surface area contributed by atoms with E-state index in [2.05, 4.69) is 0 Å². The second-order valence-electron chi connectivity index (χ2n) is 2.03. The number of hydrogen-bond acceptors (Lipinski definition) is 0. The standard InChI is InChI=1S/C5H8F4/c1-5(8,9)2-4(7)3-6/h4H,2-3H2,1H3. The van der Waals surface area contributed by atoms with Crippen LogP contribution in [-0.2, 0) is 0 Å². The monoisotopic (exact) mass is 144 g/mol. The van der Waals surface area contributed by atoms with Gasteiger partial charge in [0.05, 0.1) is 0 Å². The van der Waals surface area contributed by atoms with Gasteiger partial charge in [0.1, 0.15) is 12.8 Å². The fourth-order valence-electron chi connectivity index (χ4n) is 0.443. The lowest BCUT2D eigenvalue weighted by Gasteiger charge is -2.10. The summed E-state index contributed by atoms with van der Waals surface area (Å²) in [4.78, 5) is 0. The Bertz CT molecular complexity index is 75.5. The quantitative estimate of drug-likeness (QED) is 0.533. The minimum absolute atomic E-state index is 0.565. The second kappa shape index (κ2) is 3.03. The normalized spacial score (nSPS) is 15.7. The fourth-order valence-corrected chi connectivity index (χ4v) is 0.443. The summed E-state index contributed by atoms with van der Waals surface area (Å²) in [7, 11) is 0. The van der Waals surface area contributed by atoms with Crippen molar-refractivity contribution in [1.82, 2.24) is 0 Å². The third-order valence-corrected chi connectivity index (χ3v) is 0.747. The van der Waals surface area contributed by atoms with E-state index in [4.69, 9.17) is 0 Å². The van der Waals surface area contributed by atoms with Crippen LogP contribution in [0.3, 0.4) is 0 Å². The minimum Gasteiger partial charge on any atom is -0.248 e. The Hall–Kier alpha value is -0.280. The van der Waals surface area contributed by atoms with Crippen LogP contribution in [0.15, 0.2) is 0 Å². The minimum atomic E-state index is -3.09. The Morgan fingerprint density at radius 1 is 1.44 bits per heavy atom. The van der Waals surface area contributed by atoms with Crippen LogP contribution in [0.4, 0.5) is 17.6 Å². The van der Waals surface area contributed by atoms with Crippen molar-refractivity contribution in [3.8, 4) is 0 Å². The van der Waals surface area contributed by atoms with Crippen LogP contribution in [0.25, 0.3) is 0 Å². The molecule has 0 saturated heterocycles. The molecule has 4 heteroatoms. The van der Waals surface area contributed by atoms with Crippen molar-refractivity contribution in [2.75, 3.05) is 6.67 Å². The van der Waals surface area contributed by atoms with Crippen molar-refractivity contribution in [2.24, 2.45) is 0 Å². The molecule has 0 fully saturated rings. The van der Waals surface area contributed by atoms with E-state index in [9.17, 15) is 17.6 Å². The highest BCUT2D eigenvalue weighted by Crippen LogP contribution is 2.20. The van der Waals surface area contributed by atoms with Crippen molar-refractivity contribution in [3.05, 3.63) is 0 Å². The van der Waals surface area contributed by atoms with Gasteiger partial charge in [-0.25, -0.2) is 17.6 Å². The summed E-state index contributed by atoms with van der Waals surface area (Å²) < 4.78 is 46.5. The topological polar surface area (TPSA) is 0 Å². The lowest BCUT2D eigenvalue weighted by molar-refractivity contribution is -0.0131. The molecule has 0 aliphatic heterocycles. The molecule has 0 heterocycles. The van der Waals surface area contributed by atoms with Gasteiger partial charge in [0.15, 0.2) is 0 Å². The predicted molar refractivity (Wildman–Crippen MR) is 26.1 cm³/mol. The lowest BCUT2D eigenvalue weighted by atomic mass is 10.2. The highest BCUT2D eigenvalue weighted by Gasteiger charge is 2.26. The van der Waals surface area contributed by atoms with E-state index in [1.54, 1.807) is 0 Å². The first-order chi connectivity index (χ1) is 3.95. The zero-order valence-electron chi connectivity index (χ0n) is 5.00. The maximum atomic E-state index is 11.8. The van der Waals surface area contributed by atoms with Crippen molar-refractivity contribution < 1.29 is 17.6 Å². The van der Waals surface area contributed by atoms with Crippen LogP contribution in [0.1, 0.15) is 13.3 Å². The zero-order chi connectivity index (χ0) is 7.49. The Labute approximate surface area is 50.9 Å². The number of halogens is 4. The van der Waals surface area contributed by atoms with Crippen LogP contribution in [0.2, 0.25) is 0 Å². The summed E-state index contributed by atoms with van der Waals surface area (Å²) in [6.45, 7) is -0.765. The van der Waals surface area contributed by atoms with Crippen LogP contribution in [-0.4, -0.2) is 18.8 Å². The summed E-state index contributed by atoms with van der Waals surface area (Å²) in [6.07, 6.45) is -3.05. The average Bonchev–Trinajstić information content (AvgIpc) is 1.62. The first kappa shape index (κ1) is 8.72. The molecule has 0 bridgehead atoms. The third-order valence-electron chi connectivity index (χ3n) is 0.747. The van der Waals surface area contributed by atoms with E-state index in [-0.39, 0.29) is 0 Å². The molecular formula is C5H8F4. The first-order valence-electron chi connectivity index (χ1n) is 2.53. The molecule has 0 aromatic heterocycles. The van der Waals surface area contributed by atoms with Crippen LogP contribution in [0.5, 0.6) is 0 Å². The van der Waals surface area contributed by atoms with Crippen molar-refractivity contribution in [3.63, 3.8) is 0 Å². The van der Waals surface area contributed by atoms with Crippen LogP contribution >= 0.6 is 0 Å². The fraction of sp³-hybridized carbons (Fsp3) is 1.00. The van der Waals surface area contributed by atoms with E-state index in [1.807, 2.05) is 0 Å². The Kier molecular flexibility index (Phi) is 2.94. The van der Waals surface area contributed by atoms with E-state index in [0.29, 0.717) is 6.92 Å². The highest BCUT2D eigenvalue weighted by molar-refractivity contribution is 4.64. The van der Waals surface area contributed by atoms with Crippen molar-refractivity contribution in [2.45, 2.75) is 25.4 Å². The van der Waals surface area contributed by atoms with E-state index in [0.717, 1.165) is 0 Å². The molecule has 0 aliphatic carbocycles. The van der Waals surface area contributed by atoms with E-state index < -0.39 is 25.2 Å². The molecule has 0 nitrogen and oxygen atoms in total. The molecule has 0 N–H and O–H groups in total. The molecule has 0 aromatic carbocycles. The highest BCUT2D eigenvalue weighted by atomic mass is 19.3. The number of alkyl halides is 4. The third kappa shape index (κ3) is 5.59. The molecule has 0 amide bonds. The molecule has 0 rings (SSSR count). The van der Waals surface area contributed by atoms with Gasteiger partial charge in [-0.05, 0) is 6.92 Å². The predicted octanol–water partition coefficient (Wildman–Crippen LogP) is 2.34. The molecular weight excluding hydrogens is 136 g/mol. The molecule has 0 aromatic rings.